The van der Waals surface area contributed by atoms with E-state index in [0.717, 1.165) is 43.2 Å². The molecule has 0 radical (unpaired) electrons. The number of hydrogen-bond donors (Lipinski definition) is 1. The molecule has 3 fully saturated rings. The van der Waals surface area contributed by atoms with Crippen LogP contribution in [-0.4, -0.2) is 46.3 Å². The van der Waals surface area contributed by atoms with E-state index in [2.05, 4.69) is 33.3 Å². The Labute approximate surface area is 193 Å². The fourth-order valence-electron chi connectivity index (χ4n) is 6.69. The quantitative estimate of drug-likeness (QED) is 0.627. The lowest BCUT2D eigenvalue weighted by atomic mass is 9.72. The van der Waals surface area contributed by atoms with Crippen LogP contribution in [0.1, 0.15) is 49.7 Å². The Kier molecular flexibility index (Phi) is 5.21. The van der Waals surface area contributed by atoms with Gasteiger partial charge in [0.15, 0.2) is 0 Å². The molecule has 3 aliphatic heterocycles. The van der Waals surface area contributed by atoms with Crippen molar-refractivity contribution in [2.75, 3.05) is 13.2 Å². The van der Waals surface area contributed by atoms with Gasteiger partial charge >= 0.3 is 0 Å². The zero-order chi connectivity index (χ0) is 22.4. The van der Waals surface area contributed by atoms with E-state index in [9.17, 15) is 9.18 Å². The summed E-state index contributed by atoms with van der Waals surface area (Å²) < 4.78 is 19.8. The number of benzene rings is 2. The van der Waals surface area contributed by atoms with Crippen LogP contribution in [0.15, 0.2) is 48.7 Å². The Morgan fingerprint density at radius 1 is 1.12 bits per heavy atom. The number of carbonyl (C=O) groups excluding carboxylic acids is 1. The third-order valence-corrected chi connectivity index (χ3v) is 8.28. The van der Waals surface area contributed by atoms with E-state index in [-0.39, 0.29) is 23.8 Å². The number of hydrogen-bond acceptors (Lipinski definition) is 3. The van der Waals surface area contributed by atoms with Gasteiger partial charge in [-0.1, -0.05) is 24.3 Å². The molecular weight excluding hydrogens is 417 g/mol. The third-order valence-electron chi connectivity index (χ3n) is 8.28. The van der Waals surface area contributed by atoms with Gasteiger partial charge in [0, 0.05) is 30.7 Å². The molecule has 2 aromatic carbocycles. The van der Waals surface area contributed by atoms with Gasteiger partial charge in [-0.05, 0) is 80.2 Å². The molecule has 2 bridgehead atoms. The fraction of sp³-hybridized carbons (Fsp3) is 0.481. The SMILES string of the molecule is O=C(N1[C@H]2CC[C@H]1CC(Cc1cccc3[nH]ncc13)C2)C1(c2cccc(F)c2)CCOCC1. The smallest absolute Gasteiger partial charge is 0.233 e. The summed E-state index contributed by atoms with van der Waals surface area (Å²) in [4.78, 5) is 16.4. The normalized spacial score (nSPS) is 26.6. The highest BCUT2D eigenvalue weighted by Gasteiger charge is 2.51. The number of carbonyl (C=O) groups is 1. The summed E-state index contributed by atoms with van der Waals surface area (Å²) >= 11 is 0. The van der Waals surface area contributed by atoms with Crippen LogP contribution in [0.25, 0.3) is 10.9 Å². The van der Waals surface area contributed by atoms with Crippen LogP contribution in [0.4, 0.5) is 4.39 Å². The maximum Gasteiger partial charge on any atom is 0.233 e. The summed E-state index contributed by atoms with van der Waals surface area (Å²) in [5, 5.41) is 8.49. The van der Waals surface area contributed by atoms with Crippen LogP contribution >= 0.6 is 0 Å². The van der Waals surface area contributed by atoms with Gasteiger partial charge < -0.3 is 9.64 Å². The monoisotopic (exact) mass is 447 g/mol. The van der Waals surface area contributed by atoms with Crippen molar-refractivity contribution in [3.63, 3.8) is 0 Å². The minimum atomic E-state index is -0.670. The topological polar surface area (TPSA) is 58.2 Å². The molecule has 33 heavy (non-hydrogen) atoms. The molecule has 0 saturated carbocycles. The highest BCUT2D eigenvalue weighted by atomic mass is 19.1. The van der Waals surface area contributed by atoms with Crippen molar-refractivity contribution >= 4 is 16.8 Å². The van der Waals surface area contributed by atoms with Crippen molar-refractivity contribution in [2.45, 2.75) is 62.4 Å². The van der Waals surface area contributed by atoms with Crippen LogP contribution in [0.2, 0.25) is 0 Å². The number of nitrogens with one attached hydrogen (secondary N) is 1. The second kappa shape index (κ2) is 8.24. The minimum Gasteiger partial charge on any atom is -0.381 e. The van der Waals surface area contributed by atoms with E-state index in [1.165, 1.54) is 17.0 Å². The maximum absolute atomic E-state index is 14.2. The molecule has 3 aliphatic rings. The summed E-state index contributed by atoms with van der Waals surface area (Å²) in [7, 11) is 0. The van der Waals surface area contributed by atoms with Gasteiger partial charge in [-0.15, -0.1) is 0 Å². The first-order chi connectivity index (χ1) is 16.1. The Bertz CT molecular complexity index is 1150. The first-order valence-corrected chi connectivity index (χ1v) is 12.2. The second-order valence-electron chi connectivity index (χ2n) is 10.1. The molecule has 0 unspecified atom stereocenters. The molecule has 5 nitrogen and oxygen atoms in total. The summed E-state index contributed by atoms with van der Waals surface area (Å²) in [5.41, 5.74) is 2.56. The molecule has 6 rings (SSSR count). The fourth-order valence-corrected chi connectivity index (χ4v) is 6.69. The predicted octanol–water partition coefficient (Wildman–Crippen LogP) is 4.76. The van der Waals surface area contributed by atoms with Gasteiger partial charge in [-0.25, -0.2) is 4.39 Å². The number of nitrogens with zero attached hydrogens (tertiary/aromatic N) is 2. The molecule has 1 aromatic heterocycles. The first-order valence-electron chi connectivity index (χ1n) is 12.2. The van der Waals surface area contributed by atoms with E-state index in [4.69, 9.17) is 4.74 Å². The summed E-state index contributed by atoms with van der Waals surface area (Å²) in [5.74, 6) is 0.479. The average Bonchev–Trinajstić information content (AvgIpc) is 3.42. The van der Waals surface area contributed by atoms with E-state index in [1.54, 1.807) is 12.1 Å². The van der Waals surface area contributed by atoms with Gasteiger partial charge in [-0.3, -0.25) is 9.89 Å². The Balaban J connectivity index is 1.25. The number of fused-ring (bicyclic) bond motifs is 3. The molecule has 172 valence electrons. The summed E-state index contributed by atoms with van der Waals surface area (Å²) in [6.07, 6.45) is 8.39. The van der Waals surface area contributed by atoms with Crippen molar-refractivity contribution in [2.24, 2.45) is 5.92 Å². The number of H-pyrrole nitrogens is 1. The van der Waals surface area contributed by atoms with Gasteiger partial charge in [0.2, 0.25) is 5.91 Å². The number of piperidine rings is 1. The Hall–Kier alpha value is -2.73. The number of aromatic amines is 1. The second-order valence-corrected chi connectivity index (χ2v) is 10.1. The van der Waals surface area contributed by atoms with E-state index in [1.807, 2.05) is 12.3 Å². The van der Waals surface area contributed by atoms with Crippen LogP contribution in [-0.2, 0) is 21.4 Å². The van der Waals surface area contributed by atoms with E-state index in [0.29, 0.717) is 32.0 Å². The van der Waals surface area contributed by atoms with Crippen LogP contribution < -0.4 is 0 Å². The number of aromatic nitrogens is 2. The number of ether oxygens (including phenoxy) is 1. The minimum absolute atomic E-state index is 0.194. The van der Waals surface area contributed by atoms with Gasteiger partial charge in [0.25, 0.3) is 0 Å². The molecular formula is C27H30FN3O2. The zero-order valence-electron chi connectivity index (χ0n) is 18.8. The van der Waals surface area contributed by atoms with Gasteiger partial charge in [0.05, 0.1) is 17.1 Å². The maximum atomic E-state index is 14.2. The van der Waals surface area contributed by atoms with Crippen molar-refractivity contribution in [3.05, 3.63) is 65.6 Å². The summed E-state index contributed by atoms with van der Waals surface area (Å²) in [6, 6.07) is 13.6. The number of amides is 1. The standard InChI is InChI=1S/C27H30FN3O2/c28-21-5-2-4-20(16-21)27(9-11-33-12-10-27)26(32)31-22-7-8-23(31)15-18(14-22)13-19-3-1-6-25-24(19)17-29-30-25/h1-6,16-18,22-23H,7-15H2,(H,29,30)/t22-,23-/m0/s1. The van der Waals surface area contributed by atoms with Crippen molar-refractivity contribution < 1.29 is 13.9 Å². The number of halogens is 1. The van der Waals surface area contributed by atoms with Gasteiger partial charge in [-0.2, -0.15) is 5.10 Å². The lowest BCUT2D eigenvalue weighted by Gasteiger charge is -2.46. The van der Waals surface area contributed by atoms with E-state index < -0.39 is 5.41 Å². The van der Waals surface area contributed by atoms with E-state index >= 15 is 0 Å². The van der Waals surface area contributed by atoms with Crippen molar-refractivity contribution in [1.82, 2.24) is 15.1 Å². The first kappa shape index (κ1) is 20.8. The molecule has 1 amide bonds. The largest absolute Gasteiger partial charge is 0.381 e. The zero-order valence-corrected chi connectivity index (χ0v) is 18.8. The number of rotatable bonds is 4. The van der Waals surface area contributed by atoms with Crippen molar-refractivity contribution in [1.29, 1.82) is 0 Å². The summed E-state index contributed by atoms with van der Waals surface area (Å²) in [6.45, 7) is 1.09. The molecule has 2 atom stereocenters. The van der Waals surface area contributed by atoms with Crippen LogP contribution in [0, 0.1) is 11.7 Å². The highest BCUT2D eigenvalue weighted by molar-refractivity contribution is 5.89. The third kappa shape index (κ3) is 3.55. The lowest BCUT2D eigenvalue weighted by Crippen LogP contribution is -2.56. The molecule has 0 spiro atoms. The van der Waals surface area contributed by atoms with Crippen LogP contribution in [0.3, 0.4) is 0 Å². The average molecular weight is 448 g/mol. The molecule has 0 aliphatic carbocycles. The predicted molar refractivity (Wildman–Crippen MR) is 124 cm³/mol. The lowest BCUT2D eigenvalue weighted by molar-refractivity contribution is -0.146. The molecule has 3 saturated heterocycles. The molecule has 1 N–H and O–H groups in total. The Morgan fingerprint density at radius 3 is 2.64 bits per heavy atom. The molecule has 3 aromatic rings. The van der Waals surface area contributed by atoms with Gasteiger partial charge in [0.1, 0.15) is 5.82 Å². The molecule has 4 heterocycles. The van der Waals surface area contributed by atoms with Crippen molar-refractivity contribution in [3.8, 4) is 0 Å². The Morgan fingerprint density at radius 2 is 1.88 bits per heavy atom. The van der Waals surface area contributed by atoms with Crippen LogP contribution in [0.5, 0.6) is 0 Å². The molecule has 6 heteroatoms. The highest BCUT2D eigenvalue weighted by Crippen LogP contribution is 2.45.